The summed E-state index contributed by atoms with van der Waals surface area (Å²) in [6.45, 7) is 2.83. The van der Waals surface area contributed by atoms with Crippen molar-refractivity contribution in [3.63, 3.8) is 0 Å². The van der Waals surface area contributed by atoms with E-state index in [9.17, 15) is 10.1 Å². The van der Waals surface area contributed by atoms with Crippen molar-refractivity contribution >= 4 is 44.6 Å². The second kappa shape index (κ2) is 8.46. The zero-order valence-corrected chi connectivity index (χ0v) is 17.7. The van der Waals surface area contributed by atoms with Crippen molar-refractivity contribution in [1.29, 1.82) is 0 Å². The molecule has 0 saturated heterocycles. The van der Waals surface area contributed by atoms with Crippen LogP contribution < -0.4 is 5.43 Å². The normalized spacial score (nSPS) is 11.3. The van der Waals surface area contributed by atoms with Crippen molar-refractivity contribution in [3.8, 4) is 0 Å². The zero-order chi connectivity index (χ0) is 21.1. The third-order valence-electron chi connectivity index (χ3n) is 4.87. The summed E-state index contributed by atoms with van der Waals surface area (Å²) in [6.07, 6.45) is 2.96. The SMILES string of the molecule is Cc1c(/C=N/Nc2ccc([N+](=O)[O-])cn2)c2ccccc2n1Cc1ccc(Br)cc1. The van der Waals surface area contributed by atoms with Gasteiger partial charge in [-0.1, -0.05) is 46.3 Å². The van der Waals surface area contributed by atoms with E-state index in [1.165, 1.54) is 23.9 Å². The van der Waals surface area contributed by atoms with Crippen molar-refractivity contribution in [3.05, 3.63) is 98.3 Å². The van der Waals surface area contributed by atoms with Crippen LogP contribution in [0, 0.1) is 17.0 Å². The van der Waals surface area contributed by atoms with Gasteiger partial charge in [-0.05, 0) is 36.8 Å². The molecular formula is C22H18BrN5O2. The third kappa shape index (κ3) is 4.08. The molecule has 0 amide bonds. The first-order chi connectivity index (χ1) is 14.5. The third-order valence-corrected chi connectivity index (χ3v) is 5.39. The Morgan fingerprint density at radius 2 is 1.93 bits per heavy atom. The lowest BCUT2D eigenvalue weighted by Crippen LogP contribution is -2.02. The average Bonchev–Trinajstić information content (AvgIpc) is 3.01. The number of pyridine rings is 1. The molecule has 1 N–H and O–H groups in total. The van der Waals surface area contributed by atoms with Crippen LogP contribution in [-0.4, -0.2) is 20.7 Å². The first-order valence-electron chi connectivity index (χ1n) is 9.25. The summed E-state index contributed by atoms with van der Waals surface area (Å²) < 4.78 is 3.32. The van der Waals surface area contributed by atoms with Crippen LogP contribution in [0.1, 0.15) is 16.8 Å². The summed E-state index contributed by atoms with van der Waals surface area (Å²) in [4.78, 5) is 14.3. The molecule has 0 atom stereocenters. The average molecular weight is 464 g/mol. The molecule has 0 aliphatic carbocycles. The molecule has 2 heterocycles. The molecule has 2 aromatic carbocycles. The lowest BCUT2D eigenvalue weighted by Gasteiger charge is -2.09. The second-order valence-electron chi connectivity index (χ2n) is 6.76. The molecular weight excluding hydrogens is 446 g/mol. The number of nitrogens with one attached hydrogen (secondary N) is 1. The van der Waals surface area contributed by atoms with Crippen LogP contribution in [-0.2, 0) is 6.54 Å². The predicted molar refractivity (Wildman–Crippen MR) is 122 cm³/mol. The highest BCUT2D eigenvalue weighted by Crippen LogP contribution is 2.26. The van der Waals surface area contributed by atoms with E-state index in [1.54, 1.807) is 6.21 Å². The van der Waals surface area contributed by atoms with Gasteiger partial charge in [0.1, 0.15) is 12.0 Å². The van der Waals surface area contributed by atoms with E-state index in [-0.39, 0.29) is 5.69 Å². The minimum absolute atomic E-state index is 0.0589. The van der Waals surface area contributed by atoms with Crippen LogP contribution in [0.4, 0.5) is 11.5 Å². The molecule has 0 aliphatic heterocycles. The van der Waals surface area contributed by atoms with Crippen LogP contribution in [0.3, 0.4) is 0 Å². The molecule has 0 fully saturated rings. The molecule has 8 heteroatoms. The lowest BCUT2D eigenvalue weighted by molar-refractivity contribution is -0.385. The molecule has 0 unspecified atom stereocenters. The smallest absolute Gasteiger partial charge is 0.287 e. The summed E-state index contributed by atoms with van der Waals surface area (Å²) in [6, 6.07) is 19.4. The quantitative estimate of drug-likeness (QED) is 0.232. The van der Waals surface area contributed by atoms with Gasteiger partial charge in [-0.25, -0.2) is 4.98 Å². The van der Waals surface area contributed by atoms with E-state index in [2.05, 4.69) is 67.2 Å². The molecule has 4 aromatic rings. The minimum Gasteiger partial charge on any atom is -0.340 e. The molecule has 0 radical (unpaired) electrons. The zero-order valence-electron chi connectivity index (χ0n) is 16.1. The highest BCUT2D eigenvalue weighted by molar-refractivity contribution is 9.10. The number of halogens is 1. The molecule has 2 aromatic heterocycles. The number of hydrazone groups is 1. The molecule has 150 valence electrons. The number of hydrogen-bond acceptors (Lipinski definition) is 5. The number of hydrogen-bond donors (Lipinski definition) is 1. The summed E-state index contributed by atoms with van der Waals surface area (Å²) in [5, 5.41) is 16.1. The number of para-hydroxylation sites is 1. The van der Waals surface area contributed by atoms with E-state index in [4.69, 9.17) is 0 Å². The Hall–Kier alpha value is -3.52. The summed E-state index contributed by atoms with van der Waals surface area (Å²) in [5.74, 6) is 0.438. The Kier molecular flexibility index (Phi) is 5.58. The fraction of sp³-hybridized carbons (Fsp3) is 0.0909. The second-order valence-corrected chi connectivity index (χ2v) is 7.67. The van der Waals surface area contributed by atoms with Crippen LogP contribution in [0.2, 0.25) is 0 Å². The Morgan fingerprint density at radius 1 is 1.17 bits per heavy atom. The largest absolute Gasteiger partial charge is 0.340 e. The summed E-state index contributed by atoms with van der Waals surface area (Å²) in [7, 11) is 0. The number of benzene rings is 2. The number of nitro groups is 1. The summed E-state index contributed by atoms with van der Waals surface area (Å²) >= 11 is 3.48. The molecule has 7 nitrogen and oxygen atoms in total. The van der Waals surface area contributed by atoms with Crippen LogP contribution in [0.25, 0.3) is 10.9 Å². The highest BCUT2D eigenvalue weighted by atomic mass is 79.9. The van der Waals surface area contributed by atoms with Gasteiger partial charge in [0.25, 0.3) is 5.69 Å². The minimum atomic E-state index is -0.482. The number of nitrogens with zero attached hydrogens (tertiary/aromatic N) is 4. The molecule has 0 bridgehead atoms. The Bertz CT molecular complexity index is 1230. The molecule has 0 spiro atoms. The van der Waals surface area contributed by atoms with Crippen molar-refractivity contribution in [2.24, 2.45) is 5.10 Å². The van der Waals surface area contributed by atoms with Crippen LogP contribution in [0.15, 0.2) is 76.4 Å². The van der Waals surface area contributed by atoms with Gasteiger partial charge in [0.2, 0.25) is 0 Å². The van der Waals surface area contributed by atoms with Gasteiger partial charge in [-0.2, -0.15) is 5.10 Å². The monoisotopic (exact) mass is 463 g/mol. The van der Waals surface area contributed by atoms with Gasteiger partial charge in [-0.3, -0.25) is 15.5 Å². The van der Waals surface area contributed by atoms with Crippen LogP contribution >= 0.6 is 15.9 Å². The first kappa shape index (κ1) is 19.8. The van der Waals surface area contributed by atoms with Gasteiger partial charge in [-0.15, -0.1) is 0 Å². The molecule has 0 aliphatic rings. The lowest BCUT2D eigenvalue weighted by atomic mass is 10.1. The number of fused-ring (bicyclic) bond motifs is 1. The van der Waals surface area contributed by atoms with E-state index < -0.39 is 4.92 Å². The summed E-state index contributed by atoms with van der Waals surface area (Å²) in [5.41, 5.74) is 7.23. The van der Waals surface area contributed by atoms with Gasteiger partial charge >= 0.3 is 0 Å². The van der Waals surface area contributed by atoms with Crippen molar-refractivity contribution in [2.45, 2.75) is 13.5 Å². The number of aromatic nitrogens is 2. The van der Waals surface area contributed by atoms with Gasteiger partial charge < -0.3 is 4.57 Å². The van der Waals surface area contributed by atoms with Gasteiger partial charge in [0, 0.05) is 39.2 Å². The molecule has 0 saturated carbocycles. The predicted octanol–water partition coefficient (Wildman–Crippen LogP) is 5.51. The fourth-order valence-electron chi connectivity index (χ4n) is 3.32. The maximum atomic E-state index is 10.7. The number of anilines is 1. The Balaban J connectivity index is 1.62. The van der Waals surface area contributed by atoms with Crippen molar-refractivity contribution < 1.29 is 4.92 Å². The molecule has 30 heavy (non-hydrogen) atoms. The van der Waals surface area contributed by atoms with E-state index in [1.807, 2.05) is 24.3 Å². The fourth-order valence-corrected chi connectivity index (χ4v) is 3.58. The van der Waals surface area contributed by atoms with Gasteiger partial charge in [0.15, 0.2) is 0 Å². The Labute approximate surface area is 181 Å². The first-order valence-corrected chi connectivity index (χ1v) is 10.0. The van der Waals surface area contributed by atoms with E-state index in [0.29, 0.717) is 5.82 Å². The molecule has 4 rings (SSSR count). The van der Waals surface area contributed by atoms with Crippen LogP contribution in [0.5, 0.6) is 0 Å². The highest BCUT2D eigenvalue weighted by Gasteiger charge is 2.13. The Morgan fingerprint density at radius 3 is 2.63 bits per heavy atom. The topological polar surface area (TPSA) is 85.3 Å². The number of rotatable bonds is 6. The standard InChI is InChI=1S/C22H18BrN5O2/c1-15-20(13-25-26-22-11-10-18(12-24-22)28(29)30)19-4-2-3-5-21(19)27(15)14-16-6-8-17(23)9-7-16/h2-13H,14H2,1H3,(H,24,26)/b25-13+. The van der Waals surface area contributed by atoms with Crippen molar-refractivity contribution in [2.75, 3.05) is 5.43 Å². The maximum absolute atomic E-state index is 10.7. The maximum Gasteiger partial charge on any atom is 0.287 e. The van der Waals surface area contributed by atoms with E-state index >= 15 is 0 Å². The van der Waals surface area contributed by atoms with Gasteiger partial charge in [0.05, 0.1) is 11.1 Å². The van der Waals surface area contributed by atoms with Crippen molar-refractivity contribution in [1.82, 2.24) is 9.55 Å². The van der Waals surface area contributed by atoms with E-state index in [0.717, 1.165) is 33.2 Å².